The van der Waals surface area contributed by atoms with Gasteiger partial charge in [0.25, 0.3) is 0 Å². The molecule has 4 N–H and O–H groups in total. The molecule has 17 heavy (non-hydrogen) atoms. The predicted octanol–water partition coefficient (Wildman–Crippen LogP) is 0.679. The van der Waals surface area contributed by atoms with Gasteiger partial charge in [-0.2, -0.15) is 0 Å². The molecule has 94 valence electrons. The van der Waals surface area contributed by atoms with Crippen molar-refractivity contribution in [1.29, 1.82) is 0 Å². The van der Waals surface area contributed by atoms with Crippen LogP contribution in [-0.4, -0.2) is 28.2 Å². The zero-order chi connectivity index (χ0) is 12.4. The Bertz CT molecular complexity index is 357. The second kappa shape index (κ2) is 3.02. The molecule has 4 fully saturated rings. The molecule has 0 aromatic rings. The van der Waals surface area contributed by atoms with Crippen molar-refractivity contribution in [2.75, 3.05) is 0 Å². The van der Waals surface area contributed by atoms with Crippen molar-refractivity contribution in [2.24, 2.45) is 28.4 Å². The van der Waals surface area contributed by atoms with Crippen LogP contribution in [0, 0.1) is 22.7 Å². The van der Waals surface area contributed by atoms with Gasteiger partial charge in [0.1, 0.15) is 0 Å². The lowest BCUT2D eigenvalue weighted by atomic mass is 9.42. The average Bonchev–Trinajstić information content (AvgIpc) is 2.23. The van der Waals surface area contributed by atoms with E-state index in [0.29, 0.717) is 25.7 Å². The predicted molar refractivity (Wildman–Crippen MR) is 58.2 cm³/mol. The van der Waals surface area contributed by atoms with Crippen LogP contribution in [0.4, 0.5) is 0 Å². The van der Waals surface area contributed by atoms with Gasteiger partial charge in [0.2, 0.25) is 0 Å². The smallest absolute Gasteiger partial charge is 0.311 e. The molecule has 0 aliphatic heterocycles. The maximum Gasteiger partial charge on any atom is 0.311 e. The van der Waals surface area contributed by atoms with Crippen LogP contribution in [0.25, 0.3) is 0 Å². The quantitative estimate of drug-likeness (QED) is 0.657. The van der Waals surface area contributed by atoms with Gasteiger partial charge < -0.3 is 15.9 Å². The molecule has 0 amide bonds. The molecule has 4 rings (SSSR count). The van der Waals surface area contributed by atoms with Gasteiger partial charge in [-0.25, -0.2) is 0 Å². The fourth-order valence-corrected chi connectivity index (χ4v) is 4.83. The Labute approximate surface area is 99.0 Å². The van der Waals surface area contributed by atoms with Crippen LogP contribution in [0.15, 0.2) is 0 Å². The Morgan fingerprint density at radius 2 is 1.29 bits per heavy atom. The highest BCUT2D eigenvalue weighted by molar-refractivity contribution is 5.83. The van der Waals surface area contributed by atoms with E-state index in [0.717, 1.165) is 6.42 Å². The Kier molecular flexibility index (Phi) is 1.95. The summed E-state index contributed by atoms with van der Waals surface area (Å²) in [6.45, 7) is 0. The number of nitrogens with two attached hydrogens (primary N) is 1. The van der Waals surface area contributed by atoms with E-state index in [9.17, 15) is 19.8 Å². The minimum atomic E-state index is -0.984. The van der Waals surface area contributed by atoms with Crippen LogP contribution >= 0.6 is 0 Å². The highest BCUT2D eigenvalue weighted by atomic mass is 16.4. The van der Waals surface area contributed by atoms with E-state index in [4.69, 9.17) is 5.73 Å². The number of aliphatic carboxylic acids is 2. The highest BCUT2D eigenvalue weighted by Crippen LogP contribution is 2.64. The van der Waals surface area contributed by atoms with Crippen molar-refractivity contribution >= 4 is 11.9 Å². The van der Waals surface area contributed by atoms with Gasteiger partial charge in [0.15, 0.2) is 0 Å². The summed E-state index contributed by atoms with van der Waals surface area (Å²) < 4.78 is 0. The highest BCUT2D eigenvalue weighted by Gasteiger charge is 2.68. The van der Waals surface area contributed by atoms with Crippen molar-refractivity contribution in [3.8, 4) is 0 Å². The van der Waals surface area contributed by atoms with Crippen molar-refractivity contribution in [2.45, 2.75) is 38.1 Å². The third-order valence-corrected chi connectivity index (χ3v) is 5.32. The third kappa shape index (κ3) is 1.13. The van der Waals surface area contributed by atoms with Crippen LogP contribution in [-0.2, 0) is 9.59 Å². The Morgan fingerprint density at radius 3 is 1.59 bits per heavy atom. The first-order valence-electron chi connectivity index (χ1n) is 6.13. The van der Waals surface area contributed by atoms with Crippen LogP contribution in [0.5, 0.6) is 0 Å². The molecule has 0 saturated heterocycles. The van der Waals surface area contributed by atoms with E-state index in [-0.39, 0.29) is 11.8 Å². The molecule has 0 unspecified atom stereocenters. The summed E-state index contributed by atoms with van der Waals surface area (Å²) in [5.41, 5.74) is 4.11. The lowest BCUT2D eigenvalue weighted by Crippen LogP contribution is -2.70. The second-order valence-electron chi connectivity index (χ2n) is 6.18. The molecule has 0 spiro atoms. The van der Waals surface area contributed by atoms with Crippen molar-refractivity contribution in [3.05, 3.63) is 0 Å². The van der Waals surface area contributed by atoms with Crippen molar-refractivity contribution < 1.29 is 19.8 Å². The number of hydrogen-bond acceptors (Lipinski definition) is 3. The number of carboxylic acids is 2. The molecular weight excluding hydrogens is 222 g/mol. The lowest BCUT2D eigenvalue weighted by molar-refractivity contribution is -0.192. The fourth-order valence-electron chi connectivity index (χ4n) is 4.83. The molecule has 5 heteroatoms. The molecule has 0 aromatic heterocycles. The molecule has 0 aromatic carbocycles. The minimum Gasteiger partial charge on any atom is -0.481 e. The lowest BCUT2D eigenvalue weighted by Gasteiger charge is -2.62. The maximum absolute atomic E-state index is 11.6. The van der Waals surface area contributed by atoms with E-state index in [1.165, 1.54) is 0 Å². The van der Waals surface area contributed by atoms with Crippen LogP contribution in [0.3, 0.4) is 0 Å². The first-order valence-corrected chi connectivity index (χ1v) is 6.13. The van der Waals surface area contributed by atoms with Gasteiger partial charge in [-0.3, -0.25) is 9.59 Å². The second-order valence-corrected chi connectivity index (χ2v) is 6.18. The minimum absolute atomic E-state index is 0.231. The number of hydrogen-bond donors (Lipinski definition) is 3. The largest absolute Gasteiger partial charge is 0.481 e. The van der Waals surface area contributed by atoms with E-state index in [1.54, 1.807) is 0 Å². The summed E-state index contributed by atoms with van der Waals surface area (Å²) in [6, 6.07) is -0.738. The third-order valence-electron chi connectivity index (χ3n) is 5.32. The number of carboxylic acid groups (broad SMARTS) is 2. The van der Waals surface area contributed by atoms with Crippen LogP contribution in [0.1, 0.15) is 32.1 Å². The first kappa shape index (κ1) is 11.0. The molecule has 4 bridgehead atoms. The van der Waals surface area contributed by atoms with Gasteiger partial charge in [-0.15, -0.1) is 0 Å². The summed E-state index contributed by atoms with van der Waals surface area (Å²) in [4.78, 5) is 23.1. The van der Waals surface area contributed by atoms with E-state index >= 15 is 0 Å². The monoisotopic (exact) mass is 239 g/mol. The SMILES string of the molecule is NC1C2(C(=O)O)CC3CC(C2)CC1(C(=O)O)C3. The summed E-state index contributed by atoms with van der Waals surface area (Å²) in [6.07, 6.45) is 3.24. The van der Waals surface area contributed by atoms with Crippen LogP contribution < -0.4 is 5.73 Å². The maximum atomic E-state index is 11.6. The number of rotatable bonds is 2. The number of carbonyl (C=O) groups is 2. The molecular formula is C12H17NO4. The Morgan fingerprint density at radius 1 is 0.941 bits per heavy atom. The molecule has 4 aliphatic rings. The fraction of sp³-hybridized carbons (Fsp3) is 0.833. The van der Waals surface area contributed by atoms with Crippen LogP contribution in [0.2, 0.25) is 0 Å². The topological polar surface area (TPSA) is 101 Å². The zero-order valence-electron chi connectivity index (χ0n) is 9.56. The first-order chi connectivity index (χ1) is 7.91. The van der Waals surface area contributed by atoms with Gasteiger partial charge in [0.05, 0.1) is 10.8 Å². The standard InChI is InChI=1S/C12H17NO4/c13-8-11(9(14)15)2-6-1-7(4-11)5-12(8,3-6)10(16)17/h6-8H,1-5,13H2,(H,14,15)(H,16,17). The summed E-state index contributed by atoms with van der Waals surface area (Å²) in [5.74, 6) is -1.33. The molecule has 0 atom stereocenters. The molecule has 5 nitrogen and oxygen atoms in total. The van der Waals surface area contributed by atoms with Gasteiger partial charge in [-0.1, -0.05) is 0 Å². The zero-order valence-corrected chi connectivity index (χ0v) is 9.56. The van der Waals surface area contributed by atoms with Gasteiger partial charge in [0, 0.05) is 6.04 Å². The van der Waals surface area contributed by atoms with E-state index < -0.39 is 28.8 Å². The summed E-state index contributed by atoms with van der Waals surface area (Å²) in [5, 5.41) is 18.9. The Hall–Kier alpha value is -1.10. The Balaban J connectivity index is 2.11. The summed E-state index contributed by atoms with van der Waals surface area (Å²) >= 11 is 0. The molecule has 0 heterocycles. The molecule has 4 saturated carbocycles. The van der Waals surface area contributed by atoms with E-state index in [2.05, 4.69) is 0 Å². The van der Waals surface area contributed by atoms with Crippen molar-refractivity contribution in [1.82, 2.24) is 0 Å². The molecule has 0 radical (unpaired) electrons. The average molecular weight is 239 g/mol. The molecule has 4 aliphatic carbocycles. The van der Waals surface area contributed by atoms with Gasteiger partial charge >= 0.3 is 11.9 Å². The normalized spacial score (nSPS) is 51.5. The van der Waals surface area contributed by atoms with E-state index in [1.807, 2.05) is 0 Å². The van der Waals surface area contributed by atoms with Gasteiger partial charge in [-0.05, 0) is 43.9 Å². The van der Waals surface area contributed by atoms with Crippen molar-refractivity contribution in [3.63, 3.8) is 0 Å². The summed E-state index contributed by atoms with van der Waals surface area (Å²) in [7, 11) is 0.